The maximum atomic E-state index is 11.4. The Morgan fingerprint density at radius 3 is 2.84 bits per heavy atom. The molecule has 5 heteroatoms. The Morgan fingerprint density at radius 2 is 2.04 bits per heavy atom. The van der Waals surface area contributed by atoms with E-state index in [0.29, 0.717) is 18.2 Å². The largest absolute Gasteiger partial charge is 0.489 e. The third-order valence-electron chi connectivity index (χ3n) is 4.54. The number of carboxylic acids is 1. The first kappa shape index (κ1) is 17.8. The van der Waals surface area contributed by atoms with Crippen LogP contribution in [0.5, 0.6) is 5.75 Å². The van der Waals surface area contributed by atoms with Crippen LogP contribution in [-0.2, 0) is 17.9 Å². The minimum Gasteiger partial charge on any atom is -0.489 e. The van der Waals surface area contributed by atoms with Gasteiger partial charge in [-0.2, -0.15) is 0 Å². The molecule has 3 rings (SSSR count). The topological polar surface area (TPSA) is 49.8 Å². The number of ether oxygens (including phenoxy) is 1. The van der Waals surface area contributed by atoms with Crippen LogP contribution >= 0.6 is 11.6 Å². The van der Waals surface area contributed by atoms with Gasteiger partial charge >= 0.3 is 5.97 Å². The molecule has 1 heterocycles. The van der Waals surface area contributed by atoms with Crippen LogP contribution in [-0.4, -0.2) is 28.6 Å². The van der Waals surface area contributed by atoms with E-state index in [1.807, 2.05) is 53.4 Å². The van der Waals surface area contributed by atoms with Gasteiger partial charge < -0.3 is 9.84 Å². The van der Waals surface area contributed by atoms with Gasteiger partial charge in [-0.1, -0.05) is 48.4 Å². The number of benzene rings is 2. The van der Waals surface area contributed by atoms with Crippen molar-refractivity contribution in [3.05, 3.63) is 64.7 Å². The molecule has 1 N–H and O–H groups in total. The Hall–Kier alpha value is -2.04. The van der Waals surface area contributed by atoms with Gasteiger partial charge in [0.25, 0.3) is 0 Å². The number of aliphatic carboxylic acids is 1. The molecule has 2 aromatic carbocycles. The predicted molar refractivity (Wildman–Crippen MR) is 97.9 cm³/mol. The van der Waals surface area contributed by atoms with Gasteiger partial charge in [0.05, 0.1) is 0 Å². The average Bonchev–Trinajstić information content (AvgIpc) is 2.62. The second-order valence-electron chi connectivity index (χ2n) is 6.35. The van der Waals surface area contributed by atoms with Gasteiger partial charge in [-0.3, -0.25) is 9.69 Å². The standard InChI is InChI=1S/C20H22ClNO3/c21-18-9-2-1-7-16(18)14-25-17-8-5-6-15(12-17)13-22-11-4-3-10-19(22)20(23)24/h1-2,5-9,12,19H,3-4,10-11,13-14H2,(H,23,24). The highest BCUT2D eigenvalue weighted by Crippen LogP contribution is 2.23. The lowest BCUT2D eigenvalue weighted by Gasteiger charge is -2.32. The maximum absolute atomic E-state index is 11.4. The number of carboxylic acid groups (broad SMARTS) is 1. The predicted octanol–water partition coefficient (Wildman–Crippen LogP) is 4.36. The maximum Gasteiger partial charge on any atom is 0.320 e. The van der Waals surface area contributed by atoms with E-state index < -0.39 is 5.97 Å². The summed E-state index contributed by atoms with van der Waals surface area (Å²) in [6.45, 7) is 1.85. The summed E-state index contributed by atoms with van der Waals surface area (Å²) in [5.41, 5.74) is 2.00. The quantitative estimate of drug-likeness (QED) is 0.832. The lowest BCUT2D eigenvalue weighted by atomic mass is 10.0. The van der Waals surface area contributed by atoms with E-state index in [0.717, 1.165) is 42.7 Å². The third kappa shape index (κ3) is 4.74. The highest BCUT2D eigenvalue weighted by molar-refractivity contribution is 6.31. The monoisotopic (exact) mass is 359 g/mol. The van der Waals surface area contributed by atoms with Crippen LogP contribution in [0.1, 0.15) is 30.4 Å². The Labute approximate surface area is 153 Å². The van der Waals surface area contributed by atoms with Crippen molar-refractivity contribution < 1.29 is 14.6 Å². The van der Waals surface area contributed by atoms with Crippen molar-refractivity contribution >= 4 is 17.6 Å². The summed E-state index contributed by atoms with van der Waals surface area (Å²) in [6, 6.07) is 15.1. The fourth-order valence-electron chi connectivity index (χ4n) is 3.20. The average molecular weight is 360 g/mol. The van der Waals surface area contributed by atoms with Crippen molar-refractivity contribution in [2.45, 2.75) is 38.5 Å². The summed E-state index contributed by atoms with van der Waals surface area (Å²) >= 11 is 6.15. The van der Waals surface area contributed by atoms with Gasteiger partial charge in [0.15, 0.2) is 0 Å². The minimum absolute atomic E-state index is 0.388. The number of likely N-dealkylation sites (tertiary alicyclic amines) is 1. The van der Waals surface area contributed by atoms with E-state index in [1.54, 1.807) is 0 Å². The van der Waals surface area contributed by atoms with E-state index in [1.165, 1.54) is 0 Å². The zero-order chi connectivity index (χ0) is 17.6. The number of carbonyl (C=O) groups is 1. The fourth-order valence-corrected chi connectivity index (χ4v) is 3.39. The molecule has 0 radical (unpaired) electrons. The van der Waals surface area contributed by atoms with Crippen molar-refractivity contribution in [2.24, 2.45) is 0 Å². The van der Waals surface area contributed by atoms with E-state index in [2.05, 4.69) is 0 Å². The Balaban J connectivity index is 1.65. The molecule has 1 unspecified atom stereocenters. The van der Waals surface area contributed by atoms with E-state index in [-0.39, 0.29) is 6.04 Å². The van der Waals surface area contributed by atoms with Crippen molar-refractivity contribution in [2.75, 3.05) is 6.54 Å². The summed E-state index contributed by atoms with van der Waals surface area (Å²) in [7, 11) is 0. The molecule has 1 aliphatic rings. The second-order valence-corrected chi connectivity index (χ2v) is 6.75. The molecule has 1 saturated heterocycles. The molecule has 132 valence electrons. The molecule has 1 atom stereocenters. The fraction of sp³-hybridized carbons (Fsp3) is 0.350. The number of rotatable bonds is 6. The number of nitrogens with zero attached hydrogens (tertiary/aromatic N) is 1. The lowest BCUT2D eigenvalue weighted by Crippen LogP contribution is -2.43. The van der Waals surface area contributed by atoms with Crippen molar-refractivity contribution in [1.82, 2.24) is 4.90 Å². The van der Waals surface area contributed by atoms with Gasteiger partial charge in [-0.05, 0) is 43.1 Å². The van der Waals surface area contributed by atoms with E-state index in [9.17, 15) is 9.90 Å². The Bertz CT molecular complexity index is 734. The Kier molecular flexibility index (Phi) is 5.95. The first-order valence-corrected chi connectivity index (χ1v) is 8.93. The summed E-state index contributed by atoms with van der Waals surface area (Å²) in [5.74, 6) is 0.0344. The molecular weight excluding hydrogens is 338 g/mol. The van der Waals surface area contributed by atoms with Crippen LogP contribution in [0.3, 0.4) is 0 Å². The zero-order valence-corrected chi connectivity index (χ0v) is 14.8. The van der Waals surface area contributed by atoms with Gasteiger partial charge in [-0.25, -0.2) is 0 Å². The van der Waals surface area contributed by atoms with Crippen LogP contribution in [0.4, 0.5) is 0 Å². The zero-order valence-electron chi connectivity index (χ0n) is 14.0. The summed E-state index contributed by atoms with van der Waals surface area (Å²) in [5, 5.41) is 10.1. The van der Waals surface area contributed by atoms with Crippen LogP contribution < -0.4 is 4.74 Å². The number of halogens is 1. The third-order valence-corrected chi connectivity index (χ3v) is 4.90. The first-order valence-electron chi connectivity index (χ1n) is 8.55. The summed E-state index contributed by atoms with van der Waals surface area (Å²) in [6.07, 6.45) is 2.75. The second kappa shape index (κ2) is 8.37. The first-order chi connectivity index (χ1) is 12.1. The van der Waals surface area contributed by atoms with Crippen LogP contribution in [0, 0.1) is 0 Å². The van der Waals surface area contributed by atoms with Crippen molar-refractivity contribution in [1.29, 1.82) is 0 Å². The number of piperidine rings is 1. The Morgan fingerprint density at radius 1 is 1.20 bits per heavy atom. The summed E-state index contributed by atoms with van der Waals surface area (Å²) < 4.78 is 5.86. The smallest absolute Gasteiger partial charge is 0.320 e. The SMILES string of the molecule is O=C(O)C1CCCCN1Cc1cccc(OCc2ccccc2Cl)c1. The minimum atomic E-state index is -0.731. The number of hydrogen-bond acceptors (Lipinski definition) is 3. The molecule has 0 aromatic heterocycles. The molecular formula is C20H22ClNO3. The van der Waals surface area contributed by atoms with Gasteiger partial charge in [0.1, 0.15) is 18.4 Å². The molecule has 0 saturated carbocycles. The van der Waals surface area contributed by atoms with Crippen LogP contribution in [0.25, 0.3) is 0 Å². The van der Waals surface area contributed by atoms with E-state index in [4.69, 9.17) is 16.3 Å². The van der Waals surface area contributed by atoms with Crippen molar-refractivity contribution in [3.8, 4) is 5.75 Å². The molecule has 4 nitrogen and oxygen atoms in total. The van der Waals surface area contributed by atoms with Gasteiger partial charge in [0.2, 0.25) is 0 Å². The molecule has 25 heavy (non-hydrogen) atoms. The molecule has 1 fully saturated rings. The van der Waals surface area contributed by atoms with Crippen LogP contribution in [0.15, 0.2) is 48.5 Å². The van der Waals surface area contributed by atoms with E-state index >= 15 is 0 Å². The lowest BCUT2D eigenvalue weighted by molar-refractivity contribution is -0.144. The van der Waals surface area contributed by atoms with Crippen LogP contribution in [0.2, 0.25) is 5.02 Å². The normalized spacial score (nSPS) is 18.0. The number of hydrogen-bond donors (Lipinski definition) is 1. The highest BCUT2D eigenvalue weighted by atomic mass is 35.5. The summed E-state index contributed by atoms with van der Waals surface area (Å²) in [4.78, 5) is 13.5. The highest BCUT2D eigenvalue weighted by Gasteiger charge is 2.28. The molecule has 0 spiro atoms. The van der Waals surface area contributed by atoms with Gasteiger partial charge in [0, 0.05) is 17.1 Å². The molecule has 0 bridgehead atoms. The molecule has 0 aliphatic carbocycles. The molecule has 0 amide bonds. The van der Waals surface area contributed by atoms with Gasteiger partial charge in [-0.15, -0.1) is 0 Å². The molecule has 1 aliphatic heterocycles. The molecule has 2 aromatic rings. The van der Waals surface area contributed by atoms with Crippen molar-refractivity contribution in [3.63, 3.8) is 0 Å².